The second-order valence-corrected chi connectivity index (χ2v) is 11.3. The van der Waals surface area contributed by atoms with Crippen LogP contribution in [0.4, 0.5) is 0 Å². The number of nitrogens with one attached hydrogen (secondary N) is 1. The molecule has 3 aromatic rings. The van der Waals surface area contributed by atoms with Crippen LogP contribution < -0.4 is 5.32 Å². The van der Waals surface area contributed by atoms with E-state index in [0.29, 0.717) is 32.2 Å². The summed E-state index contributed by atoms with van der Waals surface area (Å²) in [6.07, 6.45) is 3.27. The fraction of sp³-hybridized carbons (Fsp3) is 0.333. The lowest BCUT2D eigenvalue weighted by Gasteiger charge is -2.37. The molecule has 2 N–H and O–H groups in total. The first-order chi connectivity index (χ1) is 18.9. The van der Waals surface area contributed by atoms with Gasteiger partial charge in [-0.1, -0.05) is 104 Å². The lowest BCUT2D eigenvalue weighted by molar-refractivity contribution is -0.160. The number of thioether (sulfide) groups is 1. The highest BCUT2D eigenvalue weighted by molar-refractivity contribution is 8.04. The van der Waals surface area contributed by atoms with Gasteiger partial charge in [0, 0.05) is 17.9 Å². The summed E-state index contributed by atoms with van der Waals surface area (Å²) in [4.78, 5) is 26.9. The van der Waals surface area contributed by atoms with Gasteiger partial charge < -0.3 is 15.2 Å². The van der Waals surface area contributed by atoms with Crippen LogP contribution in [0.25, 0.3) is 0 Å². The third kappa shape index (κ3) is 7.54. The van der Waals surface area contributed by atoms with E-state index in [1.165, 1.54) is 17.3 Å². The molecule has 5 nitrogen and oxygen atoms in total. The lowest BCUT2D eigenvalue weighted by Crippen LogP contribution is -2.37. The van der Waals surface area contributed by atoms with E-state index in [4.69, 9.17) is 4.74 Å². The van der Waals surface area contributed by atoms with Crippen LogP contribution in [0.5, 0.6) is 0 Å². The molecule has 1 unspecified atom stereocenters. The predicted molar refractivity (Wildman–Crippen MR) is 156 cm³/mol. The van der Waals surface area contributed by atoms with E-state index < -0.39 is 11.6 Å². The Morgan fingerprint density at radius 3 is 2.33 bits per heavy atom. The van der Waals surface area contributed by atoms with Gasteiger partial charge in [0.15, 0.2) is 0 Å². The van der Waals surface area contributed by atoms with Crippen molar-refractivity contribution in [2.45, 2.75) is 68.8 Å². The Labute approximate surface area is 235 Å². The number of cyclic esters (lactones) is 1. The molecule has 1 aliphatic rings. The van der Waals surface area contributed by atoms with Crippen molar-refractivity contribution in [2.24, 2.45) is 0 Å². The first-order valence-corrected chi connectivity index (χ1v) is 14.5. The lowest BCUT2D eigenvalue weighted by atomic mass is 9.83. The van der Waals surface area contributed by atoms with E-state index in [0.717, 1.165) is 22.4 Å². The molecule has 0 radical (unpaired) electrons. The van der Waals surface area contributed by atoms with Crippen molar-refractivity contribution in [3.63, 3.8) is 0 Å². The van der Waals surface area contributed by atoms with Crippen LogP contribution in [0.3, 0.4) is 0 Å². The number of aliphatic hydroxyl groups is 1. The monoisotopic (exact) mass is 543 g/mol. The fourth-order valence-electron chi connectivity index (χ4n) is 4.95. The number of carbonyl (C=O) groups excluding carboxylic acids is 2. The molecular formula is C33H37NO4S. The van der Waals surface area contributed by atoms with E-state index in [9.17, 15) is 14.7 Å². The van der Waals surface area contributed by atoms with Crippen molar-refractivity contribution < 1.29 is 19.4 Å². The van der Waals surface area contributed by atoms with Crippen LogP contribution in [-0.2, 0) is 26.3 Å². The van der Waals surface area contributed by atoms with Crippen molar-refractivity contribution in [1.29, 1.82) is 0 Å². The van der Waals surface area contributed by atoms with Gasteiger partial charge in [0.2, 0.25) is 5.91 Å². The van der Waals surface area contributed by atoms with Crippen molar-refractivity contribution in [1.82, 2.24) is 5.32 Å². The van der Waals surface area contributed by atoms with Crippen LogP contribution in [0, 0.1) is 0 Å². The number of hydrogen-bond donors (Lipinski definition) is 2. The Morgan fingerprint density at radius 1 is 0.974 bits per heavy atom. The Morgan fingerprint density at radius 2 is 1.64 bits per heavy atom. The molecule has 1 heterocycles. The maximum absolute atomic E-state index is 13.3. The molecule has 4 rings (SSSR count). The van der Waals surface area contributed by atoms with Crippen molar-refractivity contribution in [3.05, 3.63) is 112 Å². The third-order valence-corrected chi connectivity index (χ3v) is 8.25. The summed E-state index contributed by atoms with van der Waals surface area (Å²) in [6, 6.07) is 27.6. The number of aliphatic hydroxyl groups excluding tert-OH is 1. The number of rotatable bonds is 12. The molecule has 0 fully saturated rings. The molecular weight excluding hydrogens is 506 g/mol. The molecule has 0 saturated heterocycles. The molecule has 3 aromatic carbocycles. The maximum Gasteiger partial charge on any atom is 0.349 e. The Balaban J connectivity index is 1.40. The summed E-state index contributed by atoms with van der Waals surface area (Å²) >= 11 is 1.27. The molecule has 0 saturated carbocycles. The summed E-state index contributed by atoms with van der Waals surface area (Å²) in [7, 11) is 0. The van der Waals surface area contributed by atoms with Crippen molar-refractivity contribution in [2.75, 3.05) is 6.54 Å². The molecule has 0 bridgehead atoms. The average Bonchev–Trinajstić information content (AvgIpc) is 2.94. The SMILES string of the molecule is CC(C)c1ccccc1SC1=C(O)CC(CCCCC(=O)NCCc2ccccc2)(c2ccccc2)OC1=O. The molecule has 0 aliphatic carbocycles. The zero-order valence-corrected chi connectivity index (χ0v) is 23.5. The summed E-state index contributed by atoms with van der Waals surface area (Å²) in [5, 5.41) is 14.1. The maximum atomic E-state index is 13.3. The second kappa shape index (κ2) is 13.5. The van der Waals surface area contributed by atoms with E-state index in [1.807, 2.05) is 72.8 Å². The Kier molecular flexibility index (Phi) is 9.88. The van der Waals surface area contributed by atoms with Crippen LogP contribution in [0.1, 0.15) is 68.6 Å². The standard InChI is InChI=1S/C33H37NO4S/c1-24(2)27-17-9-10-18-29(27)39-31-28(35)23-33(38-32(31)37,26-15-7-4-8-16-26)21-12-11-19-30(36)34-22-20-25-13-5-3-6-14-25/h3-10,13-18,24,35H,11-12,19-23H2,1-2H3,(H,34,36). The van der Waals surface area contributed by atoms with Gasteiger partial charge >= 0.3 is 5.97 Å². The fourth-order valence-corrected chi connectivity index (χ4v) is 6.05. The smallest absolute Gasteiger partial charge is 0.349 e. The summed E-state index contributed by atoms with van der Waals surface area (Å²) in [6.45, 7) is 4.82. The first-order valence-electron chi connectivity index (χ1n) is 13.7. The first kappa shape index (κ1) is 28.5. The normalized spacial score (nSPS) is 17.3. The van der Waals surface area contributed by atoms with E-state index >= 15 is 0 Å². The second-order valence-electron chi connectivity index (χ2n) is 10.3. The minimum atomic E-state index is -0.964. The summed E-state index contributed by atoms with van der Waals surface area (Å²) in [5.74, 6) is -0.150. The average molecular weight is 544 g/mol. The highest BCUT2D eigenvalue weighted by atomic mass is 32.2. The molecule has 6 heteroatoms. The third-order valence-electron chi connectivity index (χ3n) is 7.05. The summed E-state index contributed by atoms with van der Waals surface area (Å²) < 4.78 is 6.16. The minimum Gasteiger partial charge on any atom is -0.511 e. The number of ether oxygens (including phenoxy) is 1. The number of hydrogen-bond acceptors (Lipinski definition) is 5. The molecule has 39 heavy (non-hydrogen) atoms. The van der Waals surface area contributed by atoms with Gasteiger partial charge in [-0.25, -0.2) is 4.79 Å². The zero-order valence-electron chi connectivity index (χ0n) is 22.7. The van der Waals surface area contributed by atoms with Crippen LogP contribution in [-0.4, -0.2) is 23.5 Å². The Hall–Kier alpha value is -3.51. The number of esters is 1. The van der Waals surface area contributed by atoms with Gasteiger partial charge in [-0.2, -0.15) is 0 Å². The van der Waals surface area contributed by atoms with Crippen LogP contribution in [0.15, 0.2) is 100 Å². The number of carbonyl (C=O) groups is 2. The van der Waals surface area contributed by atoms with Gasteiger partial charge in [0.1, 0.15) is 16.3 Å². The van der Waals surface area contributed by atoms with Crippen molar-refractivity contribution >= 4 is 23.6 Å². The minimum absolute atomic E-state index is 0.0191. The molecule has 1 amide bonds. The van der Waals surface area contributed by atoms with E-state index in [2.05, 4.69) is 31.3 Å². The molecule has 1 atom stereocenters. The van der Waals surface area contributed by atoms with Gasteiger partial charge in [0.05, 0.1) is 6.42 Å². The van der Waals surface area contributed by atoms with Gasteiger partial charge in [0.25, 0.3) is 0 Å². The highest BCUT2D eigenvalue weighted by Gasteiger charge is 2.43. The van der Waals surface area contributed by atoms with Crippen LogP contribution in [0.2, 0.25) is 0 Å². The topological polar surface area (TPSA) is 75.6 Å². The quantitative estimate of drug-likeness (QED) is 0.183. The molecule has 1 aliphatic heterocycles. The van der Waals surface area contributed by atoms with Crippen molar-refractivity contribution in [3.8, 4) is 0 Å². The number of amides is 1. The Bertz CT molecular complexity index is 1290. The predicted octanol–water partition coefficient (Wildman–Crippen LogP) is 7.43. The van der Waals surface area contributed by atoms with Gasteiger partial charge in [-0.3, -0.25) is 4.79 Å². The van der Waals surface area contributed by atoms with Gasteiger partial charge in [-0.15, -0.1) is 0 Å². The molecule has 0 spiro atoms. The molecule has 0 aromatic heterocycles. The largest absolute Gasteiger partial charge is 0.511 e. The van der Waals surface area contributed by atoms with E-state index in [-0.39, 0.29) is 28.9 Å². The number of benzene rings is 3. The van der Waals surface area contributed by atoms with E-state index in [1.54, 1.807) is 0 Å². The highest BCUT2D eigenvalue weighted by Crippen LogP contribution is 2.46. The zero-order chi connectivity index (χ0) is 27.7. The molecule has 204 valence electrons. The van der Waals surface area contributed by atoms with Crippen LogP contribution >= 0.6 is 11.8 Å². The van der Waals surface area contributed by atoms with Gasteiger partial charge in [-0.05, 0) is 54.4 Å². The number of unbranched alkanes of at least 4 members (excludes halogenated alkanes) is 1. The summed E-state index contributed by atoms with van der Waals surface area (Å²) in [5.41, 5.74) is 2.20.